The molecule has 0 aromatic heterocycles. The van der Waals surface area contributed by atoms with Crippen LogP contribution in [0.4, 0.5) is 5.69 Å². The number of ether oxygens (including phenoxy) is 1. The number of halogens is 1. The molecule has 1 aromatic rings. The van der Waals surface area contributed by atoms with E-state index in [1.165, 1.54) is 13.2 Å². The highest BCUT2D eigenvalue weighted by Crippen LogP contribution is 2.20. The maximum Gasteiger partial charge on any atom is 0.243 e. The van der Waals surface area contributed by atoms with Crippen molar-refractivity contribution in [3.8, 4) is 0 Å². The number of sulfone groups is 1. The number of anilines is 1. The Hall–Kier alpha value is -1.15. The van der Waals surface area contributed by atoms with Crippen molar-refractivity contribution in [2.75, 3.05) is 25.3 Å². The summed E-state index contributed by atoms with van der Waals surface area (Å²) in [6.07, 6.45) is 1.12. The van der Waals surface area contributed by atoms with E-state index in [-0.39, 0.29) is 23.9 Å². The number of hydrogen-bond donors (Lipinski definition) is 2. The minimum Gasteiger partial charge on any atom is -0.383 e. The van der Waals surface area contributed by atoms with E-state index in [0.717, 1.165) is 6.26 Å². The SMILES string of the molecule is COCC(N)C(=O)Nc1ccc(C)c(S(C)(=O)=O)c1.Cl. The number of aryl methyl sites for hydroxylation is 1. The molecule has 114 valence electrons. The molecule has 0 aliphatic heterocycles. The molecule has 0 heterocycles. The van der Waals surface area contributed by atoms with Crippen molar-refractivity contribution in [3.63, 3.8) is 0 Å². The molecule has 0 spiro atoms. The number of rotatable bonds is 5. The van der Waals surface area contributed by atoms with E-state index in [4.69, 9.17) is 10.5 Å². The lowest BCUT2D eigenvalue weighted by Gasteiger charge is -2.12. The summed E-state index contributed by atoms with van der Waals surface area (Å²) in [4.78, 5) is 11.9. The molecule has 0 saturated heterocycles. The second kappa shape index (κ2) is 7.58. The van der Waals surface area contributed by atoms with Crippen molar-refractivity contribution in [1.82, 2.24) is 0 Å². The molecule has 1 aromatic carbocycles. The molecule has 0 radical (unpaired) electrons. The lowest BCUT2D eigenvalue weighted by Crippen LogP contribution is -2.39. The topological polar surface area (TPSA) is 98.5 Å². The average Bonchev–Trinajstić information content (AvgIpc) is 2.30. The number of benzene rings is 1. The largest absolute Gasteiger partial charge is 0.383 e. The lowest BCUT2D eigenvalue weighted by atomic mass is 10.2. The van der Waals surface area contributed by atoms with Gasteiger partial charge < -0.3 is 15.8 Å². The molecule has 1 rings (SSSR count). The molecular weight excluding hydrogens is 304 g/mol. The van der Waals surface area contributed by atoms with E-state index in [1.54, 1.807) is 19.1 Å². The van der Waals surface area contributed by atoms with Gasteiger partial charge in [0.05, 0.1) is 11.5 Å². The molecule has 0 saturated carbocycles. The molecule has 0 aliphatic rings. The van der Waals surface area contributed by atoms with Crippen LogP contribution in [0.5, 0.6) is 0 Å². The molecule has 1 unspecified atom stereocenters. The van der Waals surface area contributed by atoms with E-state index >= 15 is 0 Å². The molecule has 0 fully saturated rings. The third-order valence-corrected chi connectivity index (χ3v) is 3.78. The molecule has 0 bridgehead atoms. The summed E-state index contributed by atoms with van der Waals surface area (Å²) in [6.45, 7) is 1.79. The van der Waals surface area contributed by atoms with Gasteiger partial charge in [-0.25, -0.2) is 8.42 Å². The van der Waals surface area contributed by atoms with Crippen LogP contribution in [-0.4, -0.2) is 40.3 Å². The van der Waals surface area contributed by atoms with E-state index in [9.17, 15) is 13.2 Å². The van der Waals surface area contributed by atoms with Gasteiger partial charge >= 0.3 is 0 Å². The zero-order valence-electron chi connectivity index (χ0n) is 11.5. The standard InChI is InChI=1S/C12H18N2O4S.ClH/c1-8-4-5-9(6-11(8)19(3,16)17)14-12(15)10(13)7-18-2;/h4-6,10H,7,13H2,1-3H3,(H,14,15);1H. The van der Waals surface area contributed by atoms with E-state index in [0.29, 0.717) is 11.3 Å². The van der Waals surface area contributed by atoms with Gasteiger partial charge in [0.25, 0.3) is 0 Å². The Bertz CT molecular complexity index is 575. The molecule has 3 N–H and O–H groups in total. The Morgan fingerprint density at radius 3 is 2.55 bits per heavy atom. The summed E-state index contributed by atoms with van der Waals surface area (Å²) in [5.41, 5.74) is 6.59. The number of hydrogen-bond acceptors (Lipinski definition) is 5. The van der Waals surface area contributed by atoms with Crippen molar-refractivity contribution in [1.29, 1.82) is 0 Å². The first kappa shape index (κ1) is 18.9. The molecule has 0 aliphatic carbocycles. The number of carbonyl (C=O) groups is 1. The fraction of sp³-hybridized carbons (Fsp3) is 0.417. The van der Waals surface area contributed by atoms with Crippen LogP contribution in [0.15, 0.2) is 23.1 Å². The summed E-state index contributed by atoms with van der Waals surface area (Å²) >= 11 is 0. The second-order valence-corrected chi connectivity index (χ2v) is 6.29. The van der Waals surface area contributed by atoms with Crippen molar-refractivity contribution in [2.45, 2.75) is 17.9 Å². The van der Waals surface area contributed by atoms with Crippen molar-refractivity contribution < 1.29 is 17.9 Å². The Kier molecular flexibility index (Phi) is 7.15. The zero-order chi connectivity index (χ0) is 14.6. The normalized spacial score (nSPS) is 12.4. The quantitative estimate of drug-likeness (QED) is 0.832. The molecule has 1 amide bonds. The monoisotopic (exact) mass is 322 g/mol. The minimum absolute atomic E-state index is 0. The van der Waals surface area contributed by atoms with Crippen LogP contribution >= 0.6 is 12.4 Å². The van der Waals surface area contributed by atoms with E-state index in [1.807, 2.05) is 0 Å². The fourth-order valence-corrected chi connectivity index (χ4v) is 2.56. The van der Waals surface area contributed by atoms with E-state index < -0.39 is 21.8 Å². The van der Waals surface area contributed by atoms with Crippen LogP contribution in [0.2, 0.25) is 0 Å². The predicted molar refractivity (Wildman–Crippen MR) is 80.0 cm³/mol. The first-order chi connectivity index (χ1) is 8.75. The van der Waals surface area contributed by atoms with Crippen LogP contribution in [0.25, 0.3) is 0 Å². The number of methoxy groups -OCH3 is 1. The second-order valence-electron chi connectivity index (χ2n) is 4.30. The van der Waals surface area contributed by atoms with Gasteiger partial charge in [-0.3, -0.25) is 4.79 Å². The van der Waals surface area contributed by atoms with Crippen molar-refractivity contribution in [2.24, 2.45) is 5.73 Å². The summed E-state index contributed by atoms with van der Waals surface area (Å²) in [7, 11) is -1.88. The Morgan fingerprint density at radius 2 is 2.05 bits per heavy atom. The number of nitrogens with one attached hydrogen (secondary N) is 1. The third-order valence-electron chi connectivity index (χ3n) is 2.54. The Morgan fingerprint density at radius 1 is 1.45 bits per heavy atom. The van der Waals surface area contributed by atoms with Crippen LogP contribution in [-0.2, 0) is 19.4 Å². The number of nitrogens with two attached hydrogens (primary N) is 1. The molecule has 1 atom stereocenters. The van der Waals surface area contributed by atoms with Crippen LogP contribution in [0, 0.1) is 6.92 Å². The molecule has 6 nitrogen and oxygen atoms in total. The highest BCUT2D eigenvalue weighted by Gasteiger charge is 2.15. The zero-order valence-corrected chi connectivity index (χ0v) is 13.2. The highest BCUT2D eigenvalue weighted by molar-refractivity contribution is 7.90. The molecule has 8 heteroatoms. The van der Waals surface area contributed by atoms with Crippen molar-refractivity contribution >= 4 is 33.8 Å². The summed E-state index contributed by atoms with van der Waals surface area (Å²) in [5.74, 6) is -0.426. The molecular formula is C12H19ClN2O4S. The summed E-state index contributed by atoms with van der Waals surface area (Å²) in [5, 5.41) is 2.56. The van der Waals surface area contributed by atoms with Gasteiger partial charge in [-0.2, -0.15) is 0 Å². The van der Waals surface area contributed by atoms with Gasteiger partial charge in [0.15, 0.2) is 9.84 Å². The first-order valence-corrected chi connectivity index (χ1v) is 7.51. The lowest BCUT2D eigenvalue weighted by molar-refractivity contribution is -0.118. The van der Waals surface area contributed by atoms with E-state index in [2.05, 4.69) is 5.32 Å². The van der Waals surface area contributed by atoms with Gasteiger partial charge in [0.2, 0.25) is 5.91 Å². The smallest absolute Gasteiger partial charge is 0.243 e. The average molecular weight is 323 g/mol. The van der Waals surface area contributed by atoms with Crippen molar-refractivity contribution in [3.05, 3.63) is 23.8 Å². The summed E-state index contributed by atoms with van der Waals surface area (Å²) in [6, 6.07) is 3.88. The van der Waals surface area contributed by atoms with Gasteiger partial charge in [-0.05, 0) is 24.6 Å². The fourth-order valence-electron chi connectivity index (χ4n) is 1.57. The maximum absolute atomic E-state index is 11.7. The number of amides is 1. The van der Waals surface area contributed by atoms with Crippen LogP contribution in [0.3, 0.4) is 0 Å². The van der Waals surface area contributed by atoms with Gasteiger partial charge in [-0.15, -0.1) is 12.4 Å². The van der Waals surface area contributed by atoms with Gasteiger partial charge in [0, 0.05) is 19.1 Å². The predicted octanol–water partition coefficient (Wildman–Crippen LogP) is 0.733. The molecule has 20 heavy (non-hydrogen) atoms. The maximum atomic E-state index is 11.7. The summed E-state index contributed by atoms with van der Waals surface area (Å²) < 4.78 is 27.9. The third kappa shape index (κ3) is 5.09. The van der Waals surface area contributed by atoms with Crippen LogP contribution in [0.1, 0.15) is 5.56 Å². The Labute approximate surface area is 125 Å². The number of carbonyl (C=O) groups excluding carboxylic acids is 1. The van der Waals surface area contributed by atoms with Gasteiger partial charge in [-0.1, -0.05) is 6.07 Å². The Balaban J connectivity index is 0.00000361. The first-order valence-electron chi connectivity index (χ1n) is 5.62. The minimum atomic E-state index is -3.33. The highest BCUT2D eigenvalue weighted by atomic mass is 35.5. The van der Waals surface area contributed by atoms with Crippen LogP contribution < -0.4 is 11.1 Å². The van der Waals surface area contributed by atoms with Gasteiger partial charge in [0.1, 0.15) is 6.04 Å².